The Balaban J connectivity index is 1.46. The Hall–Kier alpha value is -4.17. The first-order valence-electron chi connectivity index (χ1n) is 10.9. The third-order valence-electron chi connectivity index (χ3n) is 4.89. The molecular formula is C27H26O8. The summed E-state index contributed by atoms with van der Waals surface area (Å²) >= 11 is 0. The van der Waals surface area contributed by atoms with Gasteiger partial charge in [0.05, 0.1) is 0 Å². The maximum Gasteiger partial charge on any atom is 0.341 e. The van der Waals surface area contributed by atoms with Crippen LogP contribution < -0.4 is 14.2 Å². The smallest absolute Gasteiger partial charge is 0.341 e. The Kier molecular flexibility index (Phi) is 8.22. The summed E-state index contributed by atoms with van der Waals surface area (Å²) < 4.78 is 16.3. The van der Waals surface area contributed by atoms with Crippen molar-refractivity contribution in [2.75, 3.05) is 19.8 Å². The molecule has 0 saturated heterocycles. The summed E-state index contributed by atoms with van der Waals surface area (Å²) in [7, 11) is 0. The highest BCUT2D eigenvalue weighted by molar-refractivity contribution is 6.09. The zero-order valence-corrected chi connectivity index (χ0v) is 19.4. The molecule has 0 aliphatic heterocycles. The topological polar surface area (TPSA) is 119 Å². The molecule has 35 heavy (non-hydrogen) atoms. The number of aliphatic hydroxyl groups is 1. The van der Waals surface area contributed by atoms with E-state index < -0.39 is 18.2 Å². The number of ether oxygens (including phenoxy) is 3. The van der Waals surface area contributed by atoms with Crippen molar-refractivity contribution in [3.63, 3.8) is 0 Å². The van der Waals surface area contributed by atoms with Gasteiger partial charge in [0, 0.05) is 16.7 Å². The number of benzene rings is 3. The third-order valence-corrected chi connectivity index (χ3v) is 4.89. The minimum Gasteiger partial charge on any atom is -0.490 e. The fraction of sp³-hybridized carbons (Fsp3) is 0.222. The number of aliphatic carboxylic acids is 1. The molecule has 0 heterocycles. The van der Waals surface area contributed by atoms with E-state index in [0.29, 0.717) is 33.9 Å². The van der Waals surface area contributed by atoms with Crippen LogP contribution in [0.5, 0.6) is 17.2 Å². The number of ketones is 2. The second-order valence-electron chi connectivity index (χ2n) is 8.17. The summed E-state index contributed by atoms with van der Waals surface area (Å²) in [5.74, 6) is -0.107. The largest absolute Gasteiger partial charge is 0.490 e. The molecule has 3 rings (SSSR count). The molecule has 3 aromatic carbocycles. The SMILES string of the molecule is CC(C)(O)C(=O)c1ccc(OCCOc2ccc(C(=O)c3ccc(OCC(=O)O)cc3)cc2)cc1. The second-order valence-corrected chi connectivity index (χ2v) is 8.17. The van der Waals surface area contributed by atoms with E-state index in [-0.39, 0.29) is 24.8 Å². The van der Waals surface area contributed by atoms with Crippen LogP contribution in [0.15, 0.2) is 72.8 Å². The van der Waals surface area contributed by atoms with Crippen molar-refractivity contribution in [3.8, 4) is 17.2 Å². The molecule has 0 bridgehead atoms. The highest BCUT2D eigenvalue weighted by atomic mass is 16.5. The van der Waals surface area contributed by atoms with Crippen molar-refractivity contribution < 1.29 is 38.8 Å². The van der Waals surface area contributed by atoms with Gasteiger partial charge in [-0.2, -0.15) is 0 Å². The Morgan fingerprint density at radius 2 is 1.03 bits per heavy atom. The fourth-order valence-corrected chi connectivity index (χ4v) is 3.09. The summed E-state index contributed by atoms with van der Waals surface area (Å²) in [6, 6.07) is 19.5. The van der Waals surface area contributed by atoms with E-state index in [4.69, 9.17) is 19.3 Å². The molecule has 0 spiro atoms. The van der Waals surface area contributed by atoms with Crippen molar-refractivity contribution in [3.05, 3.63) is 89.5 Å². The first-order valence-corrected chi connectivity index (χ1v) is 10.9. The maximum absolute atomic E-state index is 12.6. The Morgan fingerprint density at radius 3 is 1.40 bits per heavy atom. The summed E-state index contributed by atoms with van der Waals surface area (Å²) in [6.45, 7) is 2.98. The van der Waals surface area contributed by atoms with Crippen molar-refractivity contribution in [1.82, 2.24) is 0 Å². The summed E-state index contributed by atoms with van der Waals surface area (Å²) in [4.78, 5) is 35.2. The molecule has 8 nitrogen and oxygen atoms in total. The lowest BCUT2D eigenvalue weighted by atomic mass is 9.97. The van der Waals surface area contributed by atoms with Gasteiger partial charge in [-0.3, -0.25) is 9.59 Å². The highest BCUT2D eigenvalue weighted by Gasteiger charge is 2.24. The molecule has 0 aliphatic carbocycles. The van der Waals surface area contributed by atoms with Crippen molar-refractivity contribution in [2.45, 2.75) is 19.4 Å². The summed E-state index contributed by atoms with van der Waals surface area (Å²) in [6.07, 6.45) is 0. The normalized spacial score (nSPS) is 10.9. The second kappa shape index (κ2) is 11.3. The Morgan fingerprint density at radius 1 is 0.657 bits per heavy atom. The predicted molar refractivity (Wildman–Crippen MR) is 128 cm³/mol. The van der Waals surface area contributed by atoms with Gasteiger partial charge in [0.25, 0.3) is 0 Å². The average Bonchev–Trinajstić information content (AvgIpc) is 2.85. The molecule has 0 saturated carbocycles. The van der Waals surface area contributed by atoms with E-state index in [2.05, 4.69) is 0 Å². The van der Waals surface area contributed by atoms with Gasteiger partial charge in [-0.15, -0.1) is 0 Å². The third kappa shape index (κ3) is 7.41. The molecule has 8 heteroatoms. The van der Waals surface area contributed by atoms with Gasteiger partial charge >= 0.3 is 5.97 Å². The number of carbonyl (C=O) groups excluding carboxylic acids is 2. The number of carboxylic acids is 1. The van der Waals surface area contributed by atoms with Crippen molar-refractivity contribution in [2.24, 2.45) is 0 Å². The van der Waals surface area contributed by atoms with Crippen LogP contribution in [0.25, 0.3) is 0 Å². The number of hydrogen-bond donors (Lipinski definition) is 2. The predicted octanol–water partition coefficient (Wildman–Crippen LogP) is 3.79. The Bertz CT molecular complexity index is 1160. The van der Waals surface area contributed by atoms with Crippen LogP contribution in [-0.4, -0.2) is 53.2 Å². The van der Waals surface area contributed by atoms with Crippen LogP contribution in [0.2, 0.25) is 0 Å². The quantitative estimate of drug-likeness (QED) is 0.298. The Labute approximate surface area is 202 Å². The van der Waals surface area contributed by atoms with Gasteiger partial charge in [0.2, 0.25) is 0 Å². The van der Waals surface area contributed by atoms with Crippen LogP contribution in [0.3, 0.4) is 0 Å². The van der Waals surface area contributed by atoms with Crippen LogP contribution in [-0.2, 0) is 4.79 Å². The first kappa shape index (κ1) is 25.5. The van der Waals surface area contributed by atoms with Crippen LogP contribution in [0.1, 0.15) is 40.1 Å². The lowest BCUT2D eigenvalue weighted by Gasteiger charge is -2.15. The molecule has 0 aliphatic rings. The molecule has 0 atom stereocenters. The van der Waals surface area contributed by atoms with Gasteiger partial charge in [0.1, 0.15) is 36.1 Å². The number of rotatable bonds is 12. The molecular weight excluding hydrogens is 452 g/mol. The highest BCUT2D eigenvalue weighted by Crippen LogP contribution is 2.19. The molecule has 0 fully saturated rings. The molecule has 0 aromatic heterocycles. The van der Waals surface area contributed by atoms with Gasteiger partial charge < -0.3 is 24.4 Å². The zero-order chi connectivity index (χ0) is 25.4. The van der Waals surface area contributed by atoms with E-state index in [1.807, 2.05) is 0 Å². The van der Waals surface area contributed by atoms with Crippen molar-refractivity contribution in [1.29, 1.82) is 0 Å². The number of carboxylic acid groups (broad SMARTS) is 1. The fourth-order valence-electron chi connectivity index (χ4n) is 3.09. The van der Waals surface area contributed by atoms with Crippen LogP contribution in [0, 0.1) is 0 Å². The number of hydrogen-bond acceptors (Lipinski definition) is 7. The summed E-state index contributed by atoms with van der Waals surface area (Å²) in [5.41, 5.74) is -0.101. The molecule has 182 valence electrons. The van der Waals surface area contributed by atoms with Gasteiger partial charge in [-0.25, -0.2) is 4.79 Å². The lowest BCUT2D eigenvalue weighted by molar-refractivity contribution is -0.139. The monoisotopic (exact) mass is 478 g/mol. The van der Waals surface area contributed by atoms with Gasteiger partial charge in [-0.05, 0) is 86.6 Å². The minimum absolute atomic E-state index is 0.184. The number of carbonyl (C=O) groups is 3. The standard InChI is InChI=1S/C27H26O8/c1-27(2,32)26(31)20-7-13-22(14-8-20)34-16-15-33-21-9-3-18(4-10-21)25(30)19-5-11-23(12-6-19)35-17-24(28)29/h3-14,32H,15-17H2,1-2H3,(H,28,29). The molecule has 3 aromatic rings. The average molecular weight is 478 g/mol. The van der Waals surface area contributed by atoms with Crippen LogP contribution >= 0.6 is 0 Å². The lowest BCUT2D eigenvalue weighted by Crippen LogP contribution is -2.30. The molecule has 0 amide bonds. The van der Waals surface area contributed by atoms with E-state index in [1.165, 1.54) is 13.8 Å². The van der Waals surface area contributed by atoms with Gasteiger partial charge in [-0.1, -0.05) is 0 Å². The summed E-state index contributed by atoms with van der Waals surface area (Å²) in [5, 5.41) is 18.4. The molecule has 0 unspecified atom stereocenters. The van der Waals surface area contributed by atoms with E-state index in [0.717, 1.165) is 0 Å². The minimum atomic E-state index is -1.43. The van der Waals surface area contributed by atoms with E-state index in [9.17, 15) is 19.5 Å². The van der Waals surface area contributed by atoms with Gasteiger partial charge in [0.15, 0.2) is 18.2 Å². The zero-order valence-electron chi connectivity index (χ0n) is 19.4. The number of Topliss-reactive ketones (excluding diaryl/α,β-unsaturated/α-hetero) is 1. The van der Waals surface area contributed by atoms with E-state index >= 15 is 0 Å². The van der Waals surface area contributed by atoms with Crippen LogP contribution in [0.4, 0.5) is 0 Å². The maximum atomic E-state index is 12.6. The molecule has 0 radical (unpaired) electrons. The molecule has 2 N–H and O–H groups in total. The van der Waals surface area contributed by atoms with Crippen molar-refractivity contribution >= 4 is 17.5 Å². The first-order chi connectivity index (χ1) is 16.6. The van der Waals surface area contributed by atoms with E-state index in [1.54, 1.807) is 72.8 Å².